The van der Waals surface area contributed by atoms with E-state index in [9.17, 15) is 14.7 Å². The lowest BCUT2D eigenvalue weighted by atomic mass is 10.1. The van der Waals surface area contributed by atoms with Gasteiger partial charge >= 0.3 is 5.97 Å². The summed E-state index contributed by atoms with van der Waals surface area (Å²) in [5.41, 5.74) is 0.912. The predicted molar refractivity (Wildman–Crippen MR) is 77.4 cm³/mol. The number of hydrogen-bond acceptors (Lipinski definition) is 3. The Labute approximate surface area is 121 Å². The van der Waals surface area contributed by atoms with Crippen LogP contribution in [0.1, 0.15) is 39.2 Å². The Morgan fingerprint density at radius 2 is 1.71 bits per heavy atom. The SMILES string of the molecule is C[C@@H](NC(=O)c1cccc(C(=O)O)c1)c1ccccc1O. The summed E-state index contributed by atoms with van der Waals surface area (Å²) in [4.78, 5) is 23.0. The van der Waals surface area contributed by atoms with E-state index in [1.807, 2.05) is 0 Å². The van der Waals surface area contributed by atoms with Gasteiger partial charge in [0, 0.05) is 11.1 Å². The maximum atomic E-state index is 12.1. The van der Waals surface area contributed by atoms with E-state index in [1.54, 1.807) is 37.3 Å². The first-order chi connectivity index (χ1) is 9.99. The molecule has 3 N–H and O–H groups in total. The van der Waals surface area contributed by atoms with Crippen LogP contribution in [0.5, 0.6) is 5.75 Å². The molecule has 108 valence electrons. The van der Waals surface area contributed by atoms with Gasteiger partial charge in [0.1, 0.15) is 5.75 Å². The lowest BCUT2D eigenvalue weighted by Gasteiger charge is -2.15. The van der Waals surface area contributed by atoms with E-state index in [2.05, 4.69) is 5.32 Å². The van der Waals surface area contributed by atoms with Crippen LogP contribution in [0.3, 0.4) is 0 Å². The molecule has 1 atom stereocenters. The smallest absolute Gasteiger partial charge is 0.335 e. The van der Waals surface area contributed by atoms with Gasteiger partial charge in [-0.15, -0.1) is 0 Å². The van der Waals surface area contributed by atoms with E-state index < -0.39 is 17.9 Å². The molecule has 0 aliphatic heterocycles. The molecule has 2 rings (SSSR count). The Morgan fingerprint density at radius 3 is 2.38 bits per heavy atom. The minimum absolute atomic E-state index is 0.0536. The van der Waals surface area contributed by atoms with Crippen molar-refractivity contribution in [1.82, 2.24) is 5.32 Å². The number of benzene rings is 2. The van der Waals surface area contributed by atoms with Gasteiger partial charge in [-0.25, -0.2) is 4.79 Å². The van der Waals surface area contributed by atoms with Crippen LogP contribution in [-0.4, -0.2) is 22.1 Å². The van der Waals surface area contributed by atoms with Crippen LogP contribution in [0.25, 0.3) is 0 Å². The first kappa shape index (κ1) is 14.6. The molecule has 2 aromatic rings. The fourth-order valence-corrected chi connectivity index (χ4v) is 2.00. The summed E-state index contributed by atoms with van der Waals surface area (Å²) < 4.78 is 0. The number of aromatic carboxylic acids is 1. The zero-order valence-corrected chi connectivity index (χ0v) is 11.4. The number of carboxylic acids is 1. The number of para-hydroxylation sites is 1. The third kappa shape index (κ3) is 3.39. The van der Waals surface area contributed by atoms with Gasteiger partial charge in [0.25, 0.3) is 5.91 Å². The van der Waals surface area contributed by atoms with Gasteiger partial charge in [-0.3, -0.25) is 4.79 Å². The third-order valence-electron chi connectivity index (χ3n) is 3.12. The van der Waals surface area contributed by atoms with Crippen molar-refractivity contribution >= 4 is 11.9 Å². The second-order valence-corrected chi connectivity index (χ2v) is 4.64. The van der Waals surface area contributed by atoms with E-state index in [4.69, 9.17) is 5.11 Å². The van der Waals surface area contributed by atoms with Gasteiger partial charge in [-0.2, -0.15) is 0 Å². The van der Waals surface area contributed by atoms with Crippen LogP contribution in [0.15, 0.2) is 48.5 Å². The zero-order valence-electron chi connectivity index (χ0n) is 11.4. The number of carbonyl (C=O) groups is 2. The molecule has 21 heavy (non-hydrogen) atoms. The summed E-state index contributed by atoms with van der Waals surface area (Å²) in [6, 6.07) is 12.1. The Kier molecular flexibility index (Phi) is 4.23. The molecule has 5 nitrogen and oxygen atoms in total. The average Bonchev–Trinajstić information content (AvgIpc) is 2.47. The number of phenols is 1. The topological polar surface area (TPSA) is 86.6 Å². The number of nitrogens with one attached hydrogen (secondary N) is 1. The van der Waals surface area contributed by atoms with E-state index in [0.717, 1.165) is 0 Å². The van der Waals surface area contributed by atoms with Crippen molar-refractivity contribution in [1.29, 1.82) is 0 Å². The van der Waals surface area contributed by atoms with Crippen molar-refractivity contribution in [2.75, 3.05) is 0 Å². The molecular weight excluding hydrogens is 270 g/mol. The molecule has 0 saturated heterocycles. The fraction of sp³-hybridized carbons (Fsp3) is 0.125. The van der Waals surface area contributed by atoms with Crippen LogP contribution in [0, 0.1) is 0 Å². The van der Waals surface area contributed by atoms with Crippen LogP contribution in [0.4, 0.5) is 0 Å². The maximum absolute atomic E-state index is 12.1. The van der Waals surface area contributed by atoms with Gasteiger partial charge in [-0.05, 0) is 31.2 Å². The van der Waals surface area contributed by atoms with Crippen molar-refractivity contribution in [3.63, 3.8) is 0 Å². The van der Waals surface area contributed by atoms with Crippen LogP contribution < -0.4 is 5.32 Å². The zero-order chi connectivity index (χ0) is 15.4. The normalized spacial score (nSPS) is 11.7. The molecule has 2 aromatic carbocycles. The number of phenolic OH excluding ortho intramolecular Hbond substituents is 1. The number of carbonyl (C=O) groups excluding carboxylic acids is 1. The molecule has 0 aromatic heterocycles. The van der Waals surface area contributed by atoms with E-state index in [-0.39, 0.29) is 16.9 Å². The second kappa shape index (κ2) is 6.09. The number of amides is 1. The highest BCUT2D eigenvalue weighted by atomic mass is 16.4. The Bertz CT molecular complexity index is 681. The quantitative estimate of drug-likeness (QED) is 0.805. The first-order valence-corrected chi connectivity index (χ1v) is 6.41. The molecule has 0 saturated carbocycles. The second-order valence-electron chi connectivity index (χ2n) is 4.64. The average molecular weight is 285 g/mol. The van der Waals surface area contributed by atoms with Gasteiger partial charge in [0.05, 0.1) is 11.6 Å². The summed E-state index contributed by atoms with van der Waals surface area (Å²) in [5, 5.41) is 21.4. The summed E-state index contributed by atoms with van der Waals surface area (Å²) in [6.07, 6.45) is 0. The van der Waals surface area contributed by atoms with E-state index in [0.29, 0.717) is 5.56 Å². The Balaban J connectivity index is 2.16. The van der Waals surface area contributed by atoms with Crippen LogP contribution in [-0.2, 0) is 0 Å². The molecule has 0 fully saturated rings. The minimum Gasteiger partial charge on any atom is -0.508 e. The maximum Gasteiger partial charge on any atom is 0.335 e. The summed E-state index contributed by atoms with van der Waals surface area (Å²) >= 11 is 0. The third-order valence-corrected chi connectivity index (χ3v) is 3.12. The Morgan fingerprint density at radius 1 is 1.05 bits per heavy atom. The molecule has 0 spiro atoms. The van der Waals surface area contributed by atoms with Crippen molar-refractivity contribution in [3.8, 4) is 5.75 Å². The highest BCUT2D eigenvalue weighted by Gasteiger charge is 2.15. The van der Waals surface area contributed by atoms with E-state index in [1.165, 1.54) is 18.2 Å². The number of aromatic hydroxyl groups is 1. The Hall–Kier alpha value is -2.82. The molecule has 1 amide bonds. The largest absolute Gasteiger partial charge is 0.508 e. The molecule has 0 radical (unpaired) electrons. The molecule has 0 aliphatic rings. The molecule has 0 aliphatic carbocycles. The minimum atomic E-state index is -1.08. The summed E-state index contributed by atoms with van der Waals surface area (Å²) in [6.45, 7) is 1.74. The highest BCUT2D eigenvalue weighted by molar-refractivity contribution is 5.97. The van der Waals surface area contributed by atoms with E-state index >= 15 is 0 Å². The number of rotatable bonds is 4. The summed E-state index contributed by atoms with van der Waals surface area (Å²) in [7, 11) is 0. The highest BCUT2D eigenvalue weighted by Crippen LogP contribution is 2.23. The first-order valence-electron chi connectivity index (χ1n) is 6.41. The predicted octanol–water partition coefficient (Wildman–Crippen LogP) is 2.58. The molecule has 0 unspecified atom stereocenters. The van der Waals surface area contributed by atoms with Gasteiger partial charge in [-0.1, -0.05) is 24.3 Å². The molecule has 0 heterocycles. The lowest BCUT2D eigenvalue weighted by molar-refractivity contribution is 0.0697. The van der Waals surface area contributed by atoms with Gasteiger partial charge < -0.3 is 15.5 Å². The number of carboxylic acid groups (broad SMARTS) is 1. The van der Waals surface area contributed by atoms with Crippen molar-refractivity contribution in [2.45, 2.75) is 13.0 Å². The standard InChI is InChI=1S/C16H15NO4/c1-10(13-7-2-3-8-14(13)18)17-15(19)11-5-4-6-12(9-11)16(20)21/h2-10,18H,1H3,(H,17,19)(H,20,21)/t10-/m1/s1. The van der Waals surface area contributed by atoms with Crippen molar-refractivity contribution < 1.29 is 19.8 Å². The van der Waals surface area contributed by atoms with Gasteiger partial charge in [0.2, 0.25) is 0 Å². The fourth-order valence-electron chi connectivity index (χ4n) is 2.00. The van der Waals surface area contributed by atoms with Crippen molar-refractivity contribution in [2.24, 2.45) is 0 Å². The lowest BCUT2D eigenvalue weighted by Crippen LogP contribution is -2.26. The summed E-state index contributed by atoms with van der Waals surface area (Å²) in [5.74, 6) is -1.38. The monoisotopic (exact) mass is 285 g/mol. The van der Waals surface area contributed by atoms with Crippen LogP contribution in [0.2, 0.25) is 0 Å². The molecule has 5 heteroatoms. The van der Waals surface area contributed by atoms with Crippen molar-refractivity contribution in [3.05, 3.63) is 65.2 Å². The molecular formula is C16H15NO4. The molecule has 0 bridgehead atoms. The van der Waals surface area contributed by atoms with Crippen LogP contribution >= 0.6 is 0 Å². The number of hydrogen-bond donors (Lipinski definition) is 3. The van der Waals surface area contributed by atoms with Gasteiger partial charge in [0.15, 0.2) is 0 Å².